The second-order valence-corrected chi connectivity index (χ2v) is 5.70. The predicted molar refractivity (Wildman–Crippen MR) is 56.5 cm³/mol. The summed E-state index contributed by atoms with van der Waals surface area (Å²) < 4.78 is 5.72. The van der Waals surface area contributed by atoms with E-state index < -0.39 is 5.97 Å². The average Bonchev–Trinajstić information content (AvgIpc) is 2.69. The fraction of sp³-hybridized carbons (Fsp3) is 0.917. The molecule has 0 aromatic carbocycles. The first-order valence-electron chi connectivity index (χ1n) is 5.79. The summed E-state index contributed by atoms with van der Waals surface area (Å²) in [5.41, 5.74) is -0.0758. The Labute approximate surface area is 90.8 Å². The van der Waals surface area contributed by atoms with Crippen LogP contribution in [0.15, 0.2) is 0 Å². The van der Waals surface area contributed by atoms with Crippen molar-refractivity contribution in [2.45, 2.75) is 39.7 Å². The first kappa shape index (κ1) is 10.9. The fourth-order valence-corrected chi connectivity index (χ4v) is 3.10. The van der Waals surface area contributed by atoms with E-state index in [0.717, 1.165) is 19.4 Å². The molecule has 1 saturated heterocycles. The summed E-state index contributed by atoms with van der Waals surface area (Å²) in [5.74, 6) is 0.0342. The van der Waals surface area contributed by atoms with Gasteiger partial charge < -0.3 is 9.84 Å². The molecule has 1 N–H and O–H groups in total. The molecule has 2 fully saturated rings. The molecule has 2 rings (SSSR count). The van der Waals surface area contributed by atoms with Gasteiger partial charge in [-0.15, -0.1) is 0 Å². The van der Waals surface area contributed by atoms with E-state index in [1.807, 2.05) is 13.8 Å². The predicted octanol–water partition coefficient (Wildman–Crippen LogP) is 2.16. The summed E-state index contributed by atoms with van der Waals surface area (Å²) in [6.45, 7) is 7.10. The lowest BCUT2D eigenvalue weighted by atomic mass is 9.92. The molecule has 0 bridgehead atoms. The normalized spacial score (nSPS) is 43.7. The van der Waals surface area contributed by atoms with E-state index in [1.165, 1.54) is 0 Å². The van der Waals surface area contributed by atoms with E-state index in [4.69, 9.17) is 9.84 Å². The van der Waals surface area contributed by atoms with Crippen LogP contribution in [-0.4, -0.2) is 23.8 Å². The summed E-state index contributed by atoms with van der Waals surface area (Å²) in [7, 11) is 0. The highest BCUT2D eigenvalue weighted by atomic mass is 16.5. The number of carbonyl (C=O) groups is 1. The smallest absolute Gasteiger partial charge is 0.307 e. The number of carboxylic acids is 1. The summed E-state index contributed by atoms with van der Waals surface area (Å²) in [6, 6.07) is 0. The summed E-state index contributed by atoms with van der Waals surface area (Å²) in [5, 5.41) is 9.10. The van der Waals surface area contributed by atoms with E-state index in [1.54, 1.807) is 0 Å². The zero-order valence-electron chi connectivity index (χ0n) is 9.69. The van der Waals surface area contributed by atoms with E-state index >= 15 is 0 Å². The van der Waals surface area contributed by atoms with Crippen molar-refractivity contribution >= 4 is 5.97 Å². The van der Waals surface area contributed by atoms with Crippen LogP contribution < -0.4 is 0 Å². The third kappa shape index (κ3) is 1.78. The van der Waals surface area contributed by atoms with Gasteiger partial charge in [0.25, 0.3) is 0 Å². The zero-order chi connectivity index (χ0) is 11.2. The van der Waals surface area contributed by atoms with Crippen LogP contribution in [0.4, 0.5) is 0 Å². The Bertz CT molecular complexity index is 272. The molecule has 0 amide bonds. The van der Waals surface area contributed by atoms with Gasteiger partial charge in [0.05, 0.1) is 12.0 Å². The molecule has 0 aromatic rings. The number of hydrogen-bond donors (Lipinski definition) is 1. The third-order valence-corrected chi connectivity index (χ3v) is 4.15. The van der Waals surface area contributed by atoms with Gasteiger partial charge in [0.2, 0.25) is 0 Å². The van der Waals surface area contributed by atoms with Crippen LogP contribution in [0.5, 0.6) is 0 Å². The minimum Gasteiger partial charge on any atom is -0.481 e. The fourth-order valence-electron chi connectivity index (χ4n) is 3.10. The van der Waals surface area contributed by atoms with Crippen LogP contribution in [0.2, 0.25) is 0 Å². The molecule has 0 unspecified atom stereocenters. The molecule has 1 saturated carbocycles. The van der Waals surface area contributed by atoms with Crippen molar-refractivity contribution in [1.82, 2.24) is 0 Å². The molecule has 3 heteroatoms. The maximum absolute atomic E-state index is 11.1. The standard InChI is InChI=1S/C12H20O3/c1-7-4-5-15-8(6-7)9-10(11(13)14)12(9,2)3/h7-10H,4-6H2,1-3H3,(H,13,14)/t7-,8-,9+,10-/m0/s1. The Hall–Kier alpha value is -0.570. The van der Waals surface area contributed by atoms with E-state index in [0.29, 0.717) is 5.92 Å². The average molecular weight is 212 g/mol. The molecule has 15 heavy (non-hydrogen) atoms. The van der Waals surface area contributed by atoms with Crippen LogP contribution in [0.3, 0.4) is 0 Å². The molecule has 1 heterocycles. The zero-order valence-corrected chi connectivity index (χ0v) is 9.69. The molecule has 0 radical (unpaired) electrons. The Morgan fingerprint density at radius 2 is 2.13 bits per heavy atom. The van der Waals surface area contributed by atoms with E-state index in [2.05, 4.69) is 6.92 Å². The minimum atomic E-state index is -0.660. The van der Waals surface area contributed by atoms with Crippen molar-refractivity contribution in [2.24, 2.45) is 23.2 Å². The lowest BCUT2D eigenvalue weighted by Crippen LogP contribution is -2.28. The molecule has 86 valence electrons. The lowest BCUT2D eigenvalue weighted by Gasteiger charge is -2.28. The Morgan fingerprint density at radius 1 is 1.47 bits per heavy atom. The second kappa shape index (κ2) is 3.48. The minimum absolute atomic E-state index is 0.0758. The lowest BCUT2D eigenvalue weighted by molar-refractivity contribution is -0.140. The number of aliphatic carboxylic acids is 1. The molecule has 0 aromatic heterocycles. The summed E-state index contributed by atoms with van der Waals surface area (Å²) >= 11 is 0. The van der Waals surface area contributed by atoms with Crippen LogP contribution in [0, 0.1) is 23.2 Å². The van der Waals surface area contributed by atoms with Gasteiger partial charge in [0.1, 0.15) is 0 Å². The van der Waals surface area contributed by atoms with Gasteiger partial charge in [0, 0.05) is 12.5 Å². The second-order valence-electron chi connectivity index (χ2n) is 5.70. The highest BCUT2D eigenvalue weighted by molar-refractivity contribution is 5.75. The van der Waals surface area contributed by atoms with Crippen molar-refractivity contribution in [3.8, 4) is 0 Å². The topological polar surface area (TPSA) is 46.5 Å². The molecule has 1 aliphatic carbocycles. The van der Waals surface area contributed by atoms with Crippen LogP contribution in [0.1, 0.15) is 33.6 Å². The summed E-state index contributed by atoms with van der Waals surface area (Å²) in [4.78, 5) is 11.1. The monoisotopic (exact) mass is 212 g/mol. The van der Waals surface area contributed by atoms with Crippen molar-refractivity contribution in [3.63, 3.8) is 0 Å². The van der Waals surface area contributed by atoms with Crippen molar-refractivity contribution in [1.29, 1.82) is 0 Å². The first-order chi connectivity index (χ1) is 6.94. The van der Waals surface area contributed by atoms with E-state index in [9.17, 15) is 4.79 Å². The van der Waals surface area contributed by atoms with Gasteiger partial charge in [0.15, 0.2) is 0 Å². The molecule has 0 spiro atoms. The highest BCUT2D eigenvalue weighted by Crippen LogP contribution is 2.61. The van der Waals surface area contributed by atoms with Crippen molar-refractivity contribution < 1.29 is 14.6 Å². The molecule has 2 aliphatic rings. The maximum Gasteiger partial charge on any atom is 0.307 e. The summed E-state index contributed by atoms with van der Waals surface area (Å²) in [6.07, 6.45) is 2.31. The number of ether oxygens (including phenoxy) is 1. The molecular formula is C12H20O3. The van der Waals surface area contributed by atoms with Gasteiger partial charge in [-0.05, 0) is 24.2 Å². The molecular weight excluding hydrogens is 192 g/mol. The Balaban J connectivity index is 2.03. The first-order valence-corrected chi connectivity index (χ1v) is 5.79. The molecule has 3 nitrogen and oxygen atoms in total. The number of hydrogen-bond acceptors (Lipinski definition) is 2. The largest absolute Gasteiger partial charge is 0.481 e. The van der Waals surface area contributed by atoms with Gasteiger partial charge in [-0.25, -0.2) is 0 Å². The molecule has 4 atom stereocenters. The van der Waals surface area contributed by atoms with Gasteiger partial charge in [-0.1, -0.05) is 20.8 Å². The van der Waals surface area contributed by atoms with Gasteiger partial charge >= 0.3 is 5.97 Å². The quantitative estimate of drug-likeness (QED) is 0.763. The van der Waals surface area contributed by atoms with Gasteiger partial charge in [-0.3, -0.25) is 4.79 Å². The van der Waals surface area contributed by atoms with Crippen molar-refractivity contribution in [3.05, 3.63) is 0 Å². The highest BCUT2D eigenvalue weighted by Gasteiger charge is 2.65. The molecule has 1 aliphatic heterocycles. The van der Waals surface area contributed by atoms with Crippen molar-refractivity contribution in [2.75, 3.05) is 6.61 Å². The van der Waals surface area contributed by atoms with Crippen LogP contribution in [0.25, 0.3) is 0 Å². The number of rotatable bonds is 2. The van der Waals surface area contributed by atoms with Crippen LogP contribution in [-0.2, 0) is 9.53 Å². The number of carboxylic acid groups (broad SMARTS) is 1. The van der Waals surface area contributed by atoms with Crippen LogP contribution >= 0.6 is 0 Å². The Kier molecular flexibility index (Phi) is 2.53. The van der Waals surface area contributed by atoms with Gasteiger partial charge in [-0.2, -0.15) is 0 Å². The SMILES string of the molecule is C[C@H]1CCO[C@H]([C@@H]2[C@@H](C(=O)O)C2(C)C)C1. The third-order valence-electron chi connectivity index (χ3n) is 4.15. The van der Waals surface area contributed by atoms with E-state index in [-0.39, 0.29) is 23.4 Å². The maximum atomic E-state index is 11.1. The Morgan fingerprint density at radius 3 is 2.60 bits per heavy atom.